The topological polar surface area (TPSA) is 66.4 Å². The molecule has 0 bridgehead atoms. The maximum atomic E-state index is 13.7. The molecular weight excluding hydrogens is 398 g/mol. The van der Waals surface area contributed by atoms with Crippen LogP contribution in [0.2, 0.25) is 0 Å². The average molecular weight is 419 g/mol. The molecule has 4 nitrogen and oxygen atoms in total. The minimum absolute atomic E-state index is 0.129. The fourth-order valence-corrected chi connectivity index (χ4v) is 4.60. The predicted octanol–water partition coefficient (Wildman–Crippen LogP) is 5.40. The zero-order chi connectivity index (χ0) is 22.1. The van der Waals surface area contributed by atoms with Crippen LogP contribution in [0, 0.1) is 0 Å². The largest absolute Gasteiger partial charge is 0.478 e. The lowest BCUT2D eigenvalue weighted by molar-refractivity contribution is -0.122. The molecule has 4 heteroatoms. The van der Waals surface area contributed by atoms with Gasteiger partial charge in [-0.3, -0.25) is 4.79 Å². The van der Waals surface area contributed by atoms with Crippen molar-refractivity contribution < 1.29 is 14.7 Å². The molecule has 1 atom stereocenters. The zero-order valence-corrected chi connectivity index (χ0v) is 17.2. The Morgan fingerprint density at radius 1 is 0.688 bits per heavy atom. The smallest absolute Gasteiger partial charge is 0.336 e. The number of carboxylic acid groups (broad SMARTS) is 1. The number of amides is 1. The molecule has 1 aliphatic carbocycles. The standard InChI is InChI=1S/C28H21NO3/c30-27(24(18-10-3-1-4-11-18)19-12-5-2-6-13-19)29-26-21-15-8-7-14-20(21)25-22(26)16-9-17-23(25)28(31)32/h1-17,24,26H,(H,29,30)(H,31,32)/t26-/m0/s1. The number of nitrogens with one attached hydrogen (secondary N) is 1. The highest BCUT2D eigenvalue weighted by molar-refractivity contribution is 6.00. The van der Waals surface area contributed by atoms with E-state index in [1.54, 1.807) is 12.1 Å². The summed E-state index contributed by atoms with van der Waals surface area (Å²) in [6.45, 7) is 0. The van der Waals surface area contributed by atoms with E-state index in [1.807, 2.05) is 91.0 Å². The predicted molar refractivity (Wildman–Crippen MR) is 124 cm³/mol. The van der Waals surface area contributed by atoms with E-state index in [4.69, 9.17) is 0 Å². The first-order chi connectivity index (χ1) is 15.6. The molecule has 5 rings (SSSR count). The summed E-state index contributed by atoms with van der Waals surface area (Å²) in [4.78, 5) is 25.6. The van der Waals surface area contributed by atoms with Crippen LogP contribution < -0.4 is 5.32 Å². The molecule has 0 aromatic heterocycles. The Morgan fingerprint density at radius 3 is 1.88 bits per heavy atom. The van der Waals surface area contributed by atoms with Crippen LogP contribution in [-0.2, 0) is 4.79 Å². The number of carbonyl (C=O) groups excluding carboxylic acids is 1. The van der Waals surface area contributed by atoms with Crippen LogP contribution in [0.3, 0.4) is 0 Å². The molecule has 0 radical (unpaired) electrons. The number of benzene rings is 4. The van der Waals surface area contributed by atoms with Gasteiger partial charge in [-0.1, -0.05) is 97.1 Å². The summed E-state index contributed by atoms with van der Waals surface area (Å²) in [5.74, 6) is -1.58. The third-order valence-corrected chi connectivity index (χ3v) is 5.99. The van der Waals surface area contributed by atoms with Crippen LogP contribution in [0.1, 0.15) is 44.6 Å². The first-order valence-corrected chi connectivity index (χ1v) is 10.5. The van der Waals surface area contributed by atoms with Crippen molar-refractivity contribution in [2.75, 3.05) is 0 Å². The number of carbonyl (C=O) groups is 2. The fourth-order valence-electron chi connectivity index (χ4n) is 4.60. The number of rotatable bonds is 5. The summed E-state index contributed by atoms with van der Waals surface area (Å²) in [6.07, 6.45) is 0. The van der Waals surface area contributed by atoms with Gasteiger partial charge in [0.1, 0.15) is 0 Å². The van der Waals surface area contributed by atoms with E-state index in [-0.39, 0.29) is 11.5 Å². The molecular formula is C28H21NO3. The molecule has 0 fully saturated rings. The van der Waals surface area contributed by atoms with Crippen LogP contribution >= 0.6 is 0 Å². The highest BCUT2D eigenvalue weighted by Gasteiger charge is 2.34. The highest BCUT2D eigenvalue weighted by atomic mass is 16.4. The van der Waals surface area contributed by atoms with Gasteiger partial charge < -0.3 is 10.4 Å². The molecule has 0 spiro atoms. The van der Waals surface area contributed by atoms with E-state index in [9.17, 15) is 14.7 Å². The number of fused-ring (bicyclic) bond motifs is 3. The minimum atomic E-state index is -0.977. The van der Waals surface area contributed by atoms with Crippen molar-refractivity contribution in [1.82, 2.24) is 5.32 Å². The van der Waals surface area contributed by atoms with E-state index >= 15 is 0 Å². The Balaban J connectivity index is 1.58. The van der Waals surface area contributed by atoms with Crippen molar-refractivity contribution in [1.29, 1.82) is 0 Å². The molecule has 0 saturated carbocycles. The molecule has 0 aliphatic heterocycles. The summed E-state index contributed by atoms with van der Waals surface area (Å²) in [7, 11) is 0. The van der Waals surface area contributed by atoms with Crippen molar-refractivity contribution in [3.05, 3.63) is 131 Å². The molecule has 1 amide bonds. The van der Waals surface area contributed by atoms with Gasteiger partial charge in [-0.25, -0.2) is 4.79 Å². The van der Waals surface area contributed by atoms with E-state index in [0.717, 1.165) is 27.8 Å². The SMILES string of the molecule is O=C(O)c1cccc2c1-c1ccccc1[C@@H]2NC(=O)C(c1ccccc1)c1ccccc1. The Kier molecular flexibility index (Phi) is 5.04. The molecule has 1 aliphatic rings. The Labute approximate surface area is 186 Å². The lowest BCUT2D eigenvalue weighted by atomic mass is 9.90. The van der Waals surface area contributed by atoms with Gasteiger partial charge in [0.25, 0.3) is 0 Å². The van der Waals surface area contributed by atoms with Crippen molar-refractivity contribution in [2.45, 2.75) is 12.0 Å². The van der Waals surface area contributed by atoms with Crippen LogP contribution in [-0.4, -0.2) is 17.0 Å². The normalized spacial score (nSPS) is 14.0. The monoisotopic (exact) mass is 419 g/mol. The summed E-state index contributed by atoms with van der Waals surface area (Å²) in [6, 6.07) is 31.9. The molecule has 0 saturated heterocycles. The van der Waals surface area contributed by atoms with Gasteiger partial charge in [0.2, 0.25) is 5.91 Å². The van der Waals surface area contributed by atoms with Crippen LogP contribution in [0.25, 0.3) is 11.1 Å². The van der Waals surface area contributed by atoms with E-state index in [1.165, 1.54) is 0 Å². The van der Waals surface area contributed by atoms with Gasteiger partial charge in [-0.2, -0.15) is 0 Å². The average Bonchev–Trinajstić information content (AvgIpc) is 3.14. The first kappa shape index (κ1) is 19.8. The summed E-state index contributed by atoms with van der Waals surface area (Å²) >= 11 is 0. The number of carboxylic acids is 1. The van der Waals surface area contributed by atoms with Gasteiger partial charge in [0, 0.05) is 5.56 Å². The lowest BCUT2D eigenvalue weighted by Gasteiger charge is -2.22. The second kappa shape index (κ2) is 8.16. The van der Waals surface area contributed by atoms with E-state index in [2.05, 4.69) is 5.32 Å². The third-order valence-electron chi connectivity index (χ3n) is 5.99. The molecule has 0 unspecified atom stereocenters. The second-order valence-corrected chi connectivity index (χ2v) is 7.86. The summed E-state index contributed by atoms with van der Waals surface area (Å²) in [5, 5.41) is 13.0. The van der Waals surface area contributed by atoms with Crippen LogP contribution in [0.5, 0.6) is 0 Å². The maximum absolute atomic E-state index is 13.7. The Bertz CT molecular complexity index is 1260. The fraction of sp³-hybridized carbons (Fsp3) is 0.0714. The van der Waals surface area contributed by atoms with Gasteiger partial charge in [0.05, 0.1) is 17.5 Å². The summed E-state index contributed by atoms with van der Waals surface area (Å²) < 4.78 is 0. The van der Waals surface area contributed by atoms with Crippen LogP contribution in [0.15, 0.2) is 103 Å². The second-order valence-electron chi connectivity index (χ2n) is 7.86. The Hall–Kier alpha value is -4.18. The van der Waals surface area contributed by atoms with Crippen molar-refractivity contribution in [3.8, 4) is 11.1 Å². The van der Waals surface area contributed by atoms with Gasteiger partial charge >= 0.3 is 5.97 Å². The van der Waals surface area contributed by atoms with Crippen molar-refractivity contribution >= 4 is 11.9 Å². The number of aromatic carboxylic acids is 1. The Morgan fingerprint density at radius 2 is 1.25 bits per heavy atom. The first-order valence-electron chi connectivity index (χ1n) is 10.5. The van der Waals surface area contributed by atoms with Gasteiger partial charge in [0.15, 0.2) is 0 Å². The maximum Gasteiger partial charge on any atom is 0.336 e. The van der Waals surface area contributed by atoms with Gasteiger partial charge in [-0.05, 0) is 33.9 Å². The lowest BCUT2D eigenvalue weighted by Crippen LogP contribution is -2.33. The summed E-state index contributed by atoms with van der Waals surface area (Å²) in [5.41, 5.74) is 5.29. The van der Waals surface area contributed by atoms with Crippen molar-refractivity contribution in [2.24, 2.45) is 0 Å². The molecule has 4 aromatic carbocycles. The number of hydrogen-bond donors (Lipinski definition) is 2. The van der Waals surface area contributed by atoms with Gasteiger partial charge in [-0.15, -0.1) is 0 Å². The molecule has 0 heterocycles. The van der Waals surface area contributed by atoms with E-state index in [0.29, 0.717) is 5.56 Å². The number of hydrogen-bond acceptors (Lipinski definition) is 2. The molecule has 32 heavy (non-hydrogen) atoms. The molecule has 156 valence electrons. The van der Waals surface area contributed by atoms with Crippen molar-refractivity contribution in [3.63, 3.8) is 0 Å². The quantitative estimate of drug-likeness (QED) is 0.455. The zero-order valence-electron chi connectivity index (χ0n) is 17.2. The van der Waals surface area contributed by atoms with E-state index < -0.39 is 17.9 Å². The highest BCUT2D eigenvalue weighted by Crippen LogP contribution is 2.45. The third kappa shape index (κ3) is 3.36. The molecule has 2 N–H and O–H groups in total. The van der Waals surface area contributed by atoms with Crippen LogP contribution in [0.4, 0.5) is 0 Å². The molecule has 4 aromatic rings. The minimum Gasteiger partial charge on any atom is -0.478 e.